The first-order valence-electron chi connectivity index (χ1n) is 6.54. The molecule has 1 heterocycles. The van der Waals surface area contributed by atoms with Gasteiger partial charge in [-0.3, -0.25) is 15.1 Å². The number of benzene rings is 1. The van der Waals surface area contributed by atoms with Gasteiger partial charge in [0, 0.05) is 6.20 Å². The number of nitro benzene ring substituents is 1. The molecular weight excluding hydrogens is 298 g/mol. The molecule has 0 radical (unpaired) electrons. The predicted octanol–water partition coefficient (Wildman–Crippen LogP) is 3.07. The van der Waals surface area contributed by atoms with E-state index in [1.807, 2.05) is 6.07 Å². The van der Waals surface area contributed by atoms with Crippen LogP contribution >= 0.6 is 0 Å². The van der Waals surface area contributed by atoms with Gasteiger partial charge in [-0.15, -0.1) is 0 Å². The zero-order valence-corrected chi connectivity index (χ0v) is 12.5. The molecule has 0 N–H and O–H groups in total. The van der Waals surface area contributed by atoms with Gasteiger partial charge < -0.3 is 9.47 Å². The lowest BCUT2D eigenvalue weighted by Gasteiger charge is -2.10. The van der Waals surface area contributed by atoms with Gasteiger partial charge in [0.25, 0.3) is 5.69 Å². The first-order chi connectivity index (χ1) is 11.1. The predicted molar refractivity (Wildman–Crippen MR) is 83.9 cm³/mol. The van der Waals surface area contributed by atoms with Gasteiger partial charge in [0.15, 0.2) is 11.5 Å². The van der Waals surface area contributed by atoms with Crippen molar-refractivity contribution in [2.75, 3.05) is 14.2 Å². The normalized spacial score (nSPS) is 10.7. The van der Waals surface area contributed by atoms with Crippen molar-refractivity contribution in [3.63, 3.8) is 0 Å². The fourth-order valence-corrected chi connectivity index (χ4v) is 2.01. The molecule has 0 saturated heterocycles. The van der Waals surface area contributed by atoms with Crippen molar-refractivity contribution in [3.05, 3.63) is 57.9 Å². The highest BCUT2D eigenvalue weighted by molar-refractivity contribution is 5.92. The first-order valence-corrected chi connectivity index (χ1v) is 6.54. The molecule has 0 spiro atoms. The van der Waals surface area contributed by atoms with Gasteiger partial charge in [-0.1, -0.05) is 6.07 Å². The Morgan fingerprint density at radius 1 is 1.30 bits per heavy atom. The van der Waals surface area contributed by atoms with Gasteiger partial charge in [0.05, 0.1) is 42.0 Å². The number of nitro groups is 1. The fraction of sp³-hybridized carbons (Fsp3) is 0.125. The van der Waals surface area contributed by atoms with E-state index in [1.54, 1.807) is 24.4 Å². The molecular formula is C16H13N3O4. The molecule has 7 nitrogen and oxygen atoms in total. The smallest absolute Gasteiger partial charge is 0.281 e. The molecule has 0 amide bonds. The van der Waals surface area contributed by atoms with Crippen molar-refractivity contribution in [3.8, 4) is 17.6 Å². The SMILES string of the molecule is COc1cc(/C(C#N)=C/c2ccccn2)c([N+](=O)[O-])cc1OC. The molecule has 1 aromatic carbocycles. The van der Waals surface area contributed by atoms with Crippen LogP contribution in [0.3, 0.4) is 0 Å². The zero-order chi connectivity index (χ0) is 16.8. The summed E-state index contributed by atoms with van der Waals surface area (Å²) in [5, 5.41) is 20.7. The molecule has 0 unspecified atom stereocenters. The van der Waals surface area contributed by atoms with Crippen molar-refractivity contribution in [1.82, 2.24) is 4.98 Å². The van der Waals surface area contributed by atoms with Gasteiger partial charge in [-0.2, -0.15) is 5.26 Å². The number of methoxy groups -OCH3 is 2. The van der Waals surface area contributed by atoms with Crippen LogP contribution in [0.2, 0.25) is 0 Å². The Bertz CT molecular complexity index is 795. The highest BCUT2D eigenvalue weighted by atomic mass is 16.6. The zero-order valence-electron chi connectivity index (χ0n) is 12.5. The Kier molecular flexibility index (Phi) is 4.89. The molecule has 7 heteroatoms. The summed E-state index contributed by atoms with van der Waals surface area (Å²) in [4.78, 5) is 14.8. The van der Waals surface area contributed by atoms with Crippen LogP contribution in [0.5, 0.6) is 11.5 Å². The van der Waals surface area contributed by atoms with E-state index < -0.39 is 4.92 Å². The van der Waals surface area contributed by atoms with Crippen LogP contribution in [0, 0.1) is 21.4 Å². The molecule has 0 atom stereocenters. The van der Waals surface area contributed by atoms with Gasteiger partial charge in [0.2, 0.25) is 0 Å². The number of aromatic nitrogens is 1. The van der Waals surface area contributed by atoms with E-state index in [4.69, 9.17) is 9.47 Å². The molecule has 0 aliphatic heterocycles. The van der Waals surface area contributed by atoms with E-state index in [9.17, 15) is 15.4 Å². The monoisotopic (exact) mass is 311 g/mol. The van der Waals surface area contributed by atoms with Crippen LogP contribution in [0.15, 0.2) is 36.5 Å². The van der Waals surface area contributed by atoms with E-state index in [1.165, 1.54) is 32.4 Å². The number of hydrogen-bond acceptors (Lipinski definition) is 6. The molecule has 0 bridgehead atoms. The van der Waals surface area contributed by atoms with E-state index >= 15 is 0 Å². The van der Waals surface area contributed by atoms with Crippen LogP contribution < -0.4 is 9.47 Å². The van der Waals surface area contributed by atoms with Crippen molar-refractivity contribution in [1.29, 1.82) is 5.26 Å². The molecule has 23 heavy (non-hydrogen) atoms. The third-order valence-corrected chi connectivity index (χ3v) is 3.09. The third-order valence-electron chi connectivity index (χ3n) is 3.09. The molecule has 2 aromatic rings. The first kappa shape index (κ1) is 16.0. The Balaban J connectivity index is 2.66. The quantitative estimate of drug-likeness (QED) is 0.478. The van der Waals surface area contributed by atoms with Crippen molar-refractivity contribution in [2.45, 2.75) is 0 Å². The maximum atomic E-state index is 11.3. The van der Waals surface area contributed by atoms with Gasteiger partial charge in [-0.25, -0.2) is 0 Å². The minimum absolute atomic E-state index is 0.108. The standard InChI is InChI=1S/C16H13N3O4/c1-22-15-8-13(14(19(20)21)9-16(15)23-2)11(10-17)7-12-5-3-4-6-18-12/h3-9H,1-2H3/b11-7+. The largest absolute Gasteiger partial charge is 0.493 e. The minimum Gasteiger partial charge on any atom is -0.493 e. The number of nitrogens with zero attached hydrogens (tertiary/aromatic N) is 3. The number of nitriles is 1. The van der Waals surface area contributed by atoms with Gasteiger partial charge >= 0.3 is 0 Å². The summed E-state index contributed by atoms with van der Waals surface area (Å²) in [6, 6.07) is 9.81. The van der Waals surface area contributed by atoms with Gasteiger partial charge in [0.1, 0.15) is 6.07 Å². The second-order valence-electron chi connectivity index (χ2n) is 4.41. The summed E-state index contributed by atoms with van der Waals surface area (Å²) < 4.78 is 10.2. The summed E-state index contributed by atoms with van der Waals surface area (Å²) in [6.07, 6.45) is 3.05. The molecule has 0 fully saturated rings. The molecule has 0 saturated carbocycles. The average Bonchev–Trinajstić information content (AvgIpc) is 2.59. The third kappa shape index (κ3) is 3.44. The fourth-order valence-electron chi connectivity index (χ4n) is 2.01. The highest BCUT2D eigenvalue weighted by Crippen LogP contribution is 2.37. The van der Waals surface area contributed by atoms with Crippen LogP contribution in [0.1, 0.15) is 11.3 Å². The Morgan fingerprint density at radius 3 is 2.52 bits per heavy atom. The number of pyridine rings is 1. The maximum absolute atomic E-state index is 11.3. The summed E-state index contributed by atoms with van der Waals surface area (Å²) in [6.45, 7) is 0. The van der Waals surface area contributed by atoms with Crippen LogP contribution in [0.25, 0.3) is 11.6 Å². The Hall–Kier alpha value is -3.40. The summed E-state index contributed by atoms with van der Waals surface area (Å²) in [5.74, 6) is 0.522. The second kappa shape index (κ2) is 7.04. The van der Waals surface area contributed by atoms with Crippen molar-refractivity contribution >= 4 is 17.3 Å². The molecule has 116 valence electrons. The molecule has 0 aliphatic carbocycles. The van der Waals surface area contributed by atoms with Crippen LogP contribution in [-0.2, 0) is 0 Å². The lowest BCUT2D eigenvalue weighted by molar-refractivity contribution is -0.385. The van der Waals surface area contributed by atoms with E-state index in [0.717, 1.165) is 0 Å². The average molecular weight is 311 g/mol. The Morgan fingerprint density at radius 2 is 2.00 bits per heavy atom. The number of ether oxygens (including phenoxy) is 2. The molecule has 1 aromatic heterocycles. The van der Waals surface area contributed by atoms with Crippen LogP contribution in [0.4, 0.5) is 5.69 Å². The summed E-state index contributed by atoms with van der Waals surface area (Å²) >= 11 is 0. The van der Waals surface area contributed by atoms with E-state index in [0.29, 0.717) is 11.4 Å². The molecule has 2 rings (SSSR count). The number of allylic oxidation sites excluding steroid dienone is 1. The van der Waals surface area contributed by atoms with Crippen molar-refractivity contribution < 1.29 is 14.4 Å². The molecule has 0 aliphatic rings. The highest BCUT2D eigenvalue weighted by Gasteiger charge is 2.22. The van der Waals surface area contributed by atoms with Gasteiger partial charge in [-0.05, 0) is 24.3 Å². The van der Waals surface area contributed by atoms with Crippen molar-refractivity contribution in [2.24, 2.45) is 0 Å². The second-order valence-corrected chi connectivity index (χ2v) is 4.41. The number of hydrogen-bond donors (Lipinski definition) is 0. The topological polar surface area (TPSA) is 98.3 Å². The van der Waals surface area contributed by atoms with E-state index in [2.05, 4.69) is 4.98 Å². The van der Waals surface area contributed by atoms with Crippen LogP contribution in [-0.4, -0.2) is 24.1 Å². The maximum Gasteiger partial charge on any atom is 0.281 e. The number of rotatable bonds is 5. The lowest BCUT2D eigenvalue weighted by atomic mass is 10.0. The van der Waals surface area contributed by atoms with E-state index in [-0.39, 0.29) is 22.6 Å². The summed E-state index contributed by atoms with van der Waals surface area (Å²) in [7, 11) is 2.80. The minimum atomic E-state index is -0.569. The Labute approximate surface area is 132 Å². The summed E-state index contributed by atoms with van der Waals surface area (Å²) in [5.41, 5.74) is 0.525. The lowest BCUT2D eigenvalue weighted by Crippen LogP contribution is -1.99.